The maximum absolute atomic E-state index is 12.6. The molecule has 1 saturated heterocycles. The second kappa shape index (κ2) is 11.0. The highest BCUT2D eigenvalue weighted by atomic mass is 16.5. The molecule has 1 aliphatic heterocycles. The van der Waals surface area contributed by atoms with Gasteiger partial charge in [-0.1, -0.05) is 18.2 Å². The van der Waals surface area contributed by atoms with E-state index in [0.29, 0.717) is 29.2 Å². The van der Waals surface area contributed by atoms with Crippen molar-refractivity contribution in [2.75, 3.05) is 27.2 Å². The van der Waals surface area contributed by atoms with Crippen molar-refractivity contribution in [3.05, 3.63) is 64.7 Å². The number of carbonyl (C=O) groups excluding carboxylic acids is 2. The van der Waals surface area contributed by atoms with Crippen molar-refractivity contribution in [1.82, 2.24) is 10.2 Å². The summed E-state index contributed by atoms with van der Waals surface area (Å²) >= 11 is 0. The molecule has 2 aromatic rings. The molecule has 1 aliphatic rings. The van der Waals surface area contributed by atoms with Gasteiger partial charge in [-0.05, 0) is 60.7 Å². The van der Waals surface area contributed by atoms with E-state index in [-0.39, 0.29) is 11.5 Å². The first-order valence-electron chi connectivity index (χ1n) is 10.6. The van der Waals surface area contributed by atoms with Crippen LogP contribution in [0.15, 0.2) is 48.0 Å². The minimum atomic E-state index is -0.450. The Labute approximate surface area is 188 Å². The molecular weight excluding hydrogens is 406 g/mol. The predicted molar refractivity (Wildman–Crippen MR) is 121 cm³/mol. The lowest BCUT2D eigenvalue weighted by Crippen LogP contribution is -2.35. The van der Waals surface area contributed by atoms with Crippen LogP contribution in [0.25, 0.3) is 6.08 Å². The first kappa shape index (κ1) is 22.9. The topological polar surface area (TPSA) is 91.7 Å². The van der Waals surface area contributed by atoms with Crippen LogP contribution in [0.1, 0.15) is 40.7 Å². The second-order valence-electron chi connectivity index (χ2n) is 7.50. The number of likely N-dealkylation sites (N-methyl/N-ethyl adjacent to an activating group) is 1. The standard InChI is InChI=1S/C25H27N3O4/c1-27-24(29)21(16-26)14-19-8-11-22(23(15-19)31-2)32-17-18-6-9-20(10-7-18)25(30)28-12-4-3-5-13-28/h6-11,14-15H,3-5,12-13,17H2,1-2H3,(H,27,29)/b21-14-. The smallest absolute Gasteiger partial charge is 0.261 e. The summed E-state index contributed by atoms with van der Waals surface area (Å²) in [5.41, 5.74) is 2.27. The van der Waals surface area contributed by atoms with Gasteiger partial charge in [0, 0.05) is 25.7 Å². The molecule has 0 bridgehead atoms. The summed E-state index contributed by atoms with van der Waals surface area (Å²) in [5.74, 6) is 0.659. The van der Waals surface area contributed by atoms with Gasteiger partial charge in [0.1, 0.15) is 18.2 Å². The first-order chi connectivity index (χ1) is 15.5. The van der Waals surface area contributed by atoms with Crippen LogP contribution in [-0.4, -0.2) is 44.0 Å². The Morgan fingerprint density at radius 3 is 2.44 bits per heavy atom. The van der Waals surface area contributed by atoms with Crippen molar-refractivity contribution in [3.8, 4) is 17.6 Å². The van der Waals surface area contributed by atoms with E-state index in [4.69, 9.17) is 14.7 Å². The van der Waals surface area contributed by atoms with Crippen molar-refractivity contribution in [2.24, 2.45) is 0 Å². The zero-order valence-electron chi connectivity index (χ0n) is 18.4. The number of piperidine rings is 1. The molecule has 3 rings (SSSR count). The molecule has 7 heteroatoms. The van der Waals surface area contributed by atoms with Gasteiger partial charge < -0.3 is 19.7 Å². The van der Waals surface area contributed by atoms with Gasteiger partial charge in [0.15, 0.2) is 11.5 Å². The lowest BCUT2D eigenvalue weighted by atomic mass is 10.1. The molecule has 0 spiro atoms. The average molecular weight is 434 g/mol. The van der Waals surface area contributed by atoms with Gasteiger partial charge in [-0.15, -0.1) is 0 Å². The summed E-state index contributed by atoms with van der Waals surface area (Å²) < 4.78 is 11.3. The molecule has 2 amide bonds. The third-order valence-electron chi connectivity index (χ3n) is 5.33. The van der Waals surface area contributed by atoms with E-state index in [1.807, 2.05) is 35.2 Å². The molecule has 0 unspecified atom stereocenters. The van der Waals surface area contributed by atoms with E-state index in [0.717, 1.165) is 31.5 Å². The number of nitrogens with zero attached hydrogens (tertiary/aromatic N) is 2. The Bertz CT molecular complexity index is 1030. The van der Waals surface area contributed by atoms with Crippen LogP contribution in [0.2, 0.25) is 0 Å². The summed E-state index contributed by atoms with van der Waals surface area (Å²) in [6.45, 7) is 1.97. The fourth-order valence-electron chi connectivity index (χ4n) is 3.53. The number of carbonyl (C=O) groups is 2. The van der Waals surface area contributed by atoms with Crippen LogP contribution in [0, 0.1) is 11.3 Å². The summed E-state index contributed by atoms with van der Waals surface area (Å²) in [5, 5.41) is 11.6. The maximum Gasteiger partial charge on any atom is 0.261 e. The molecule has 7 nitrogen and oxygen atoms in total. The van der Waals surface area contributed by atoms with Crippen LogP contribution >= 0.6 is 0 Å². The number of likely N-dealkylation sites (tertiary alicyclic amines) is 1. The number of nitrogens with one attached hydrogen (secondary N) is 1. The molecule has 1 fully saturated rings. The monoisotopic (exact) mass is 433 g/mol. The number of ether oxygens (including phenoxy) is 2. The van der Waals surface area contributed by atoms with Crippen LogP contribution in [0.3, 0.4) is 0 Å². The Balaban J connectivity index is 1.66. The average Bonchev–Trinajstić information content (AvgIpc) is 2.86. The van der Waals surface area contributed by atoms with Gasteiger partial charge in [0.05, 0.1) is 7.11 Å². The third-order valence-corrected chi connectivity index (χ3v) is 5.33. The fraction of sp³-hybridized carbons (Fsp3) is 0.320. The quantitative estimate of drug-likeness (QED) is 0.533. The predicted octanol–water partition coefficient (Wildman–Crippen LogP) is 3.55. The molecule has 166 valence electrons. The fourth-order valence-corrected chi connectivity index (χ4v) is 3.53. The Kier molecular flexibility index (Phi) is 7.87. The maximum atomic E-state index is 12.6. The first-order valence-corrected chi connectivity index (χ1v) is 10.6. The molecular formula is C25H27N3O4. The number of hydrogen-bond donors (Lipinski definition) is 1. The Hall–Kier alpha value is -3.79. The zero-order valence-corrected chi connectivity index (χ0v) is 18.4. The SMILES string of the molecule is CNC(=O)/C(C#N)=C\c1ccc(OCc2ccc(C(=O)N3CCCCC3)cc2)c(OC)c1. The summed E-state index contributed by atoms with van der Waals surface area (Å²) in [7, 11) is 3.00. The molecule has 2 aromatic carbocycles. The number of amides is 2. The molecule has 0 saturated carbocycles. The van der Waals surface area contributed by atoms with Gasteiger partial charge >= 0.3 is 0 Å². The highest BCUT2D eigenvalue weighted by molar-refractivity contribution is 6.01. The molecule has 0 atom stereocenters. The number of methoxy groups -OCH3 is 1. The van der Waals surface area contributed by atoms with E-state index < -0.39 is 5.91 Å². The molecule has 1 N–H and O–H groups in total. The third kappa shape index (κ3) is 5.67. The zero-order chi connectivity index (χ0) is 22.9. The molecule has 0 radical (unpaired) electrons. The van der Waals surface area contributed by atoms with Crippen LogP contribution in [0.4, 0.5) is 0 Å². The van der Waals surface area contributed by atoms with Gasteiger partial charge in [-0.2, -0.15) is 5.26 Å². The van der Waals surface area contributed by atoms with Crippen LogP contribution in [-0.2, 0) is 11.4 Å². The highest BCUT2D eigenvalue weighted by Gasteiger charge is 2.18. The molecule has 0 aliphatic carbocycles. The van der Waals surface area contributed by atoms with Crippen molar-refractivity contribution < 1.29 is 19.1 Å². The summed E-state index contributed by atoms with van der Waals surface area (Å²) in [4.78, 5) is 26.2. The molecule has 32 heavy (non-hydrogen) atoms. The molecule has 0 aromatic heterocycles. The van der Waals surface area contributed by atoms with Crippen molar-refractivity contribution in [2.45, 2.75) is 25.9 Å². The van der Waals surface area contributed by atoms with Gasteiger partial charge in [-0.25, -0.2) is 0 Å². The summed E-state index contributed by atoms with van der Waals surface area (Å²) in [6.07, 6.45) is 4.81. The Morgan fingerprint density at radius 2 is 1.81 bits per heavy atom. The largest absolute Gasteiger partial charge is 0.493 e. The van der Waals surface area contributed by atoms with Crippen LogP contribution < -0.4 is 14.8 Å². The number of hydrogen-bond acceptors (Lipinski definition) is 5. The van der Waals surface area contributed by atoms with E-state index in [1.54, 1.807) is 18.2 Å². The lowest BCUT2D eigenvalue weighted by molar-refractivity contribution is -0.116. The van der Waals surface area contributed by atoms with Gasteiger partial charge in [0.25, 0.3) is 11.8 Å². The second-order valence-corrected chi connectivity index (χ2v) is 7.50. The number of nitriles is 1. The van der Waals surface area contributed by atoms with E-state index in [9.17, 15) is 9.59 Å². The summed E-state index contributed by atoms with van der Waals surface area (Å²) in [6, 6.07) is 14.5. The van der Waals surface area contributed by atoms with Crippen LogP contribution in [0.5, 0.6) is 11.5 Å². The highest BCUT2D eigenvalue weighted by Crippen LogP contribution is 2.29. The minimum Gasteiger partial charge on any atom is -0.493 e. The normalized spacial score (nSPS) is 13.8. The lowest BCUT2D eigenvalue weighted by Gasteiger charge is -2.26. The van der Waals surface area contributed by atoms with E-state index in [2.05, 4.69) is 5.32 Å². The van der Waals surface area contributed by atoms with Crippen molar-refractivity contribution in [1.29, 1.82) is 5.26 Å². The van der Waals surface area contributed by atoms with E-state index >= 15 is 0 Å². The van der Waals surface area contributed by atoms with Gasteiger partial charge in [0.2, 0.25) is 0 Å². The Morgan fingerprint density at radius 1 is 1.09 bits per heavy atom. The minimum absolute atomic E-state index is 0.00223. The van der Waals surface area contributed by atoms with Crippen molar-refractivity contribution in [3.63, 3.8) is 0 Å². The molecule has 1 heterocycles. The van der Waals surface area contributed by atoms with Gasteiger partial charge in [-0.3, -0.25) is 9.59 Å². The van der Waals surface area contributed by atoms with Crippen molar-refractivity contribution >= 4 is 17.9 Å². The van der Waals surface area contributed by atoms with E-state index in [1.165, 1.54) is 26.7 Å². The number of rotatable bonds is 7. The number of benzene rings is 2.